The lowest BCUT2D eigenvalue weighted by Crippen LogP contribution is -2.36. The zero-order chi connectivity index (χ0) is 16.7. The molecule has 0 N–H and O–H groups in total. The summed E-state index contributed by atoms with van der Waals surface area (Å²) in [6.45, 7) is 5.96. The third kappa shape index (κ3) is 2.54. The smallest absolute Gasteiger partial charge is 0.277 e. The minimum atomic E-state index is -0.0293. The number of hydrogen-bond acceptors (Lipinski definition) is 4. The van der Waals surface area contributed by atoms with Crippen LogP contribution >= 0.6 is 0 Å². The van der Waals surface area contributed by atoms with Crippen LogP contribution in [0.4, 0.5) is 11.5 Å². The van der Waals surface area contributed by atoms with Crippen molar-refractivity contribution in [2.75, 3.05) is 22.9 Å². The van der Waals surface area contributed by atoms with Gasteiger partial charge in [-0.2, -0.15) is 0 Å². The van der Waals surface area contributed by atoms with E-state index in [1.165, 1.54) is 18.4 Å². The van der Waals surface area contributed by atoms with Crippen molar-refractivity contribution in [1.82, 2.24) is 9.97 Å². The van der Waals surface area contributed by atoms with Crippen LogP contribution in [0.5, 0.6) is 0 Å². The number of aryl methyl sites for hydroxylation is 1. The average molecular weight is 322 g/mol. The van der Waals surface area contributed by atoms with Crippen molar-refractivity contribution in [2.24, 2.45) is 0 Å². The largest absolute Gasteiger partial charge is 0.356 e. The Kier molecular flexibility index (Phi) is 3.71. The van der Waals surface area contributed by atoms with Crippen molar-refractivity contribution >= 4 is 17.4 Å². The number of benzene rings is 1. The molecule has 2 aliphatic rings. The number of anilines is 2. The number of amides is 1. The maximum absolute atomic E-state index is 13.2. The molecule has 4 rings (SSSR count). The van der Waals surface area contributed by atoms with E-state index in [1.807, 2.05) is 36.1 Å². The molecule has 1 amide bonds. The molecule has 1 aromatic carbocycles. The molecule has 5 heteroatoms. The highest BCUT2D eigenvalue weighted by Gasteiger charge is 2.32. The Morgan fingerprint density at radius 1 is 1.17 bits per heavy atom. The van der Waals surface area contributed by atoms with E-state index in [4.69, 9.17) is 0 Å². The van der Waals surface area contributed by atoms with Crippen LogP contribution in [0.25, 0.3) is 0 Å². The molecule has 1 aromatic heterocycles. The second-order valence-corrected chi connectivity index (χ2v) is 6.71. The third-order valence-corrected chi connectivity index (χ3v) is 4.90. The minimum absolute atomic E-state index is 0.0293. The van der Waals surface area contributed by atoms with Gasteiger partial charge in [0.15, 0.2) is 0 Å². The number of hydrogen-bond donors (Lipinski definition) is 0. The topological polar surface area (TPSA) is 49.3 Å². The Bertz CT molecular complexity index is 783. The van der Waals surface area contributed by atoms with Gasteiger partial charge in [-0.3, -0.25) is 4.79 Å². The van der Waals surface area contributed by atoms with Crippen LogP contribution in [0.15, 0.2) is 30.3 Å². The first-order chi connectivity index (χ1) is 11.6. The first-order valence-corrected chi connectivity index (χ1v) is 8.65. The SMILES string of the molecule is Cc1nc(C(=O)N2c3ccccc3CC2C)cc(N2CCCC2)n1. The summed E-state index contributed by atoms with van der Waals surface area (Å²) in [5.74, 6) is 1.50. The summed E-state index contributed by atoms with van der Waals surface area (Å²) in [6.07, 6.45) is 3.26. The highest BCUT2D eigenvalue weighted by atomic mass is 16.2. The molecule has 0 radical (unpaired) electrons. The fourth-order valence-corrected chi connectivity index (χ4v) is 3.77. The van der Waals surface area contributed by atoms with Gasteiger partial charge >= 0.3 is 0 Å². The number of fused-ring (bicyclic) bond motifs is 1. The normalized spacial score (nSPS) is 19.7. The van der Waals surface area contributed by atoms with Crippen LogP contribution in [0.2, 0.25) is 0 Å². The third-order valence-electron chi connectivity index (χ3n) is 4.90. The van der Waals surface area contributed by atoms with Gasteiger partial charge in [0.1, 0.15) is 17.3 Å². The molecule has 0 bridgehead atoms. The van der Waals surface area contributed by atoms with Crippen molar-refractivity contribution in [3.05, 3.63) is 47.4 Å². The molecule has 1 unspecified atom stereocenters. The first kappa shape index (κ1) is 15.1. The molecule has 0 aliphatic carbocycles. The molecular weight excluding hydrogens is 300 g/mol. The molecule has 1 saturated heterocycles. The van der Waals surface area contributed by atoms with Crippen LogP contribution in [0.3, 0.4) is 0 Å². The summed E-state index contributed by atoms with van der Waals surface area (Å²) in [7, 11) is 0. The molecule has 5 nitrogen and oxygen atoms in total. The lowest BCUT2D eigenvalue weighted by Gasteiger charge is -2.23. The van der Waals surface area contributed by atoms with Gasteiger partial charge in [-0.05, 0) is 44.7 Å². The number of rotatable bonds is 2. The quantitative estimate of drug-likeness (QED) is 0.853. The van der Waals surface area contributed by atoms with E-state index in [2.05, 4.69) is 27.9 Å². The maximum Gasteiger partial charge on any atom is 0.277 e. The molecule has 1 fully saturated rings. The van der Waals surface area contributed by atoms with Crippen LogP contribution in [-0.2, 0) is 6.42 Å². The van der Waals surface area contributed by atoms with Gasteiger partial charge in [0, 0.05) is 30.9 Å². The second kappa shape index (κ2) is 5.89. The summed E-state index contributed by atoms with van der Waals surface area (Å²) in [5, 5.41) is 0. The molecule has 1 atom stereocenters. The number of para-hydroxylation sites is 1. The minimum Gasteiger partial charge on any atom is -0.356 e. The number of carbonyl (C=O) groups is 1. The van der Waals surface area contributed by atoms with Crippen molar-refractivity contribution in [1.29, 1.82) is 0 Å². The summed E-state index contributed by atoms with van der Waals surface area (Å²) in [6, 6.07) is 10.1. The molecule has 2 aromatic rings. The fraction of sp³-hybridized carbons (Fsp3) is 0.421. The van der Waals surface area contributed by atoms with Gasteiger partial charge in [-0.15, -0.1) is 0 Å². The molecule has 0 spiro atoms. The predicted molar refractivity (Wildman–Crippen MR) is 94.6 cm³/mol. The molecule has 0 saturated carbocycles. The zero-order valence-electron chi connectivity index (χ0n) is 14.2. The highest BCUT2D eigenvalue weighted by Crippen LogP contribution is 2.33. The van der Waals surface area contributed by atoms with Crippen molar-refractivity contribution in [3.63, 3.8) is 0 Å². The summed E-state index contributed by atoms with van der Waals surface area (Å²) in [5.41, 5.74) is 2.73. The molecular formula is C19H22N4O. The molecule has 3 heterocycles. The van der Waals surface area contributed by atoms with Gasteiger partial charge in [0.05, 0.1) is 0 Å². The van der Waals surface area contributed by atoms with Crippen LogP contribution < -0.4 is 9.80 Å². The van der Waals surface area contributed by atoms with Crippen molar-refractivity contribution < 1.29 is 4.79 Å². The Hall–Kier alpha value is -2.43. The Balaban J connectivity index is 1.70. The van der Waals surface area contributed by atoms with E-state index in [9.17, 15) is 4.79 Å². The Morgan fingerprint density at radius 3 is 2.71 bits per heavy atom. The monoisotopic (exact) mass is 322 g/mol. The van der Waals surface area contributed by atoms with Gasteiger partial charge < -0.3 is 9.80 Å². The Labute approximate surface area is 142 Å². The number of nitrogens with zero attached hydrogens (tertiary/aromatic N) is 4. The molecule has 2 aliphatic heterocycles. The van der Waals surface area contributed by atoms with Crippen LogP contribution in [0.1, 0.15) is 41.6 Å². The second-order valence-electron chi connectivity index (χ2n) is 6.71. The first-order valence-electron chi connectivity index (χ1n) is 8.65. The summed E-state index contributed by atoms with van der Waals surface area (Å²) in [4.78, 5) is 26.2. The van der Waals surface area contributed by atoms with E-state index in [-0.39, 0.29) is 11.9 Å². The van der Waals surface area contributed by atoms with E-state index in [0.717, 1.165) is 31.0 Å². The average Bonchev–Trinajstić information content (AvgIpc) is 3.20. The van der Waals surface area contributed by atoms with Gasteiger partial charge in [-0.25, -0.2) is 9.97 Å². The Morgan fingerprint density at radius 2 is 1.92 bits per heavy atom. The van der Waals surface area contributed by atoms with Gasteiger partial charge in [0.2, 0.25) is 0 Å². The van der Waals surface area contributed by atoms with E-state index in [1.54, 1.807) is 0 Å². The van der Waals surface area contributed by atoms with Crippen LogP contribution in [-0.4, -0.2) is 35.0 Å². The maximum atomic E-state index is 13.2. The summed E-state index contributed by atoms with van der Waals surface area (Å²) >= 11 is 0. The van der Waals surface area contributed by atoms with E-state index >= 15 is 0 Å². The summed E-state index contributed by atoms with van der Waals surface area (Å²) < 4.78 is 0. The number of carbonyl (C=O) groups excluding carboxylic acids is 1. The molecule has 24 heavy (non-hydrogen) atoms. The van der Waals surface area contributed by atoms with Crippen molar-refractivity contribution in [2.45, 2.75) is 39.2 Å². The lowest BCUT2D eigenvalue weighted by molar-refractivity contribution is 0.0976. The zero-order valence-corrected chi connectivity index (χ0v) is 14.2. The van der Waals surface area contributed by atoms with Gasteiger partial charge in [0.25, 0.3) is 5.91 Å². The predicted octanol–water partition coefficient (Wildman–Crippen LogP) is 2.98. The standard InChI is InChI=1S/C19H22N4O/c1-13-11-15-7-3-4-8-17(15)23(13)19(24)16-12-18(21-14(2)20-16)22-9-5-6-10-22/h3-4,7-8,12-13H,5-6,9-11H2,1-2H3. The number of aromatic nitrogens is 2. The van der Waals surface area contributed by atoms with E-state index in [0.29, 0.717) is 11.5 Å². The van der Waals surface area contributed by atoms with Crippen molar-refractivity contribution in [3.8, 4) is 0 Å². The lowest BCUT2D eigenvalue weighted by atomic mass is 10.1. The molecule has 124 valence electrons. The van der Waals surface area contributed by atoms with E-state index < -0.39 is 0 Å². The fourth-order valence-electron chi connectivity index (χ4n) is 3.77. The highest BCUT2D eigenvalue weighted by molar-refractivity contribution is 6.06. The van der Waals surface area contributed by atoms with Crippen LogP contribution in [0, 0.1) is 6.92 Å². The van der Waals surface area contributed by atoms with Gasteiger partial charge in [-0.1, -0.05) is 18.2 Å².